The summed E-state index contributed by atoms with van der Waals surface area (Å²) in [6.45, 7) is 4.37. The van der Waals surface area contributed by atoms with Crippen LogP contribution in [0.25, 0.3) is 5.52 Å². The van der Waals surface area contributed by atoms with E-state index < -0.39 is 12.1 Å². The number of likely N-dealkylation sites (N-methyl/N-ethyl adjacent to an activating group) is 1. The summed E-state index contributed by atoms with van der Waals surface area (Å²) in [5, 5.41) is 7.12. The van der Waals surface area contributed by atoms with Gasteiger partial charge in [0.15, 0.2) is 0 Å². The molecule has 0 unspecified atom stereocenters. The number of aryl methyl sites for hydroxylation is 1. The number of hydrogen-bond donors (Lipinski definition) is 1. The largest absolute Gasteiger partial charge is 0.490 e. The topological polar surface area (TPSA) is 91.0 Å². The summed E-state index contributed by atoms with van der Waals surface area (Å²) in [5.74, 6) is -1.08. The maximum atomic E-state index is 11.8. The molecule has 12 heteroatoms. The lowest BCUT2D eigenvalue weighted by Gasteiger charge is -2.31. The molecule has 3 heterocycles. The fourth-order valence-corrected chi connectivity index (χ4v) is 3.80. The number of alkyl halides is 3. The predicted octanol–water partition coefficient (Wildman–Crippen LogP) is 2.70. The zero-order chi connectivity index (χ0) is 22.6. The van der Waals surface area contributed by atoms with E-state index in [4.69, 9.17) is 14.9 Å². The second-order valence-electron chi connectivity index (χ2n) is 7.13. The van der Waals surface area contributed by atoms with E-state index >= 15 is 0 Å². The van der Waals surface area contributed by atoms with Crippen molar-refractivity contribution < 1.29 is 27.9 Å². The van der Waals surface area contributed by atoms with Gasteiger partial charge in [0.2, 0.25) is 5.91 Å². The molecule has 1 aliphatic heterocycles. The number of amides is 1. The van der Waals surface area contributed by atoms with Crippen molar-refractivity contribution in [3.63, 3.8) is 0 Å². The van der Waals surface area contributed by atoms with Crippen LogP contribution in [0.1, 0.15) is 30.3 Å². The van der Waals surface area contributed by atoms with Gasteiger partial charge in [-0.1, -0.05) is 0 Å². The Morgan fingerprint density at radius 3 is 2.37 bits per heavy atom. The minimum Gasteiger partial charge on any atom is -0.475 e. The molecule has 8 nitrogen and oxygen atoms in total. The second kappa shape index (κ2) is 9.73. The summed E-state index contributed by atoms with van der Waals surface area (Å²) in [6.07, 6.45) is 0.767. The van der Waals surface area contributed by atoms with Gasteiger partial charge in [0.05, 0.1) is 12.2 Å². The van der Waals surface area contributed by atoms with Crippen molar-refractivity contribution in [2.24, 2.45) is 0 Å². The van der Waals surface area contributed by atoms with Crippen LogP contribution < -0.4 is 0 Å². The molecule has 166 valence electrons. The van der Waals surface area contributed by atoms with Crippen LogP contribution in [0.5, 0.6) is 0 Å². The van der Waals surface area contributed by atoms with Crippen molar-refractivity contribution in [3.8, 4) is 0 Å². The maximum absolute atomic E-state index is 11.8. The molecule has 1 amide bonds. The Morgan fingerprint density at radius 1 is 1.30 bits per heavy atom. The molecule has 2 aromatic heterocycles. The van der Waals surface area contributed by atoms with Crippen LogP contribution in [0.4, 0.5) is 13.2 Å². The van der Waals surface area contributed by atoms with Gasteiger partial charge in [0.25, 0.3) is 0 Å². The van der Waals surface area contributed by atoms with E-state index in [0.29, 0.717) is 12.5 Å². The molecular weight excluding hydrogens is 471 g/mol. The highest BCUT2D eigenvalue weighted by molar-refractivity contribution is 9.10. The zero-order valence-electron chi connectivity index (χ0n) is 16.8. The van der Waals surface area contributed by atoms with Gasteiger partial charge in [-0.25, -0.2) is 9.78 Å². The molecule has 0 radical (unpaired) electrons. The molecule has 3 rings (SSSR count). The van der Waals surface area contributed by atoms with Gasteiger partial charge in [0.1, 0.15) is 15.9 Å². The number of carboxylic acid groups (broad SMARTS) is 1. The van der Waals surface area contributed by atoms with Crippen molar-refractivity contribution in [2.45, 2.75) is 31.9 Å². The normalized spacial score (nSPS) is 15.6. The van der Waals surface area contributed by atoms with E-state index in [1.54, 1.807) is 19.0 Å². The number of halogens is 4. The molecule has 0 spiro atoms. The Labute approximate surface area is 179 Å². The van der Waals surface area contributed by atoms with Crippen molar-refractivity contribution in [1.82, 2.24) is 24.2 Å². The first-order valence-corrected chi connectivity index (χ1v) is 9.92. The lowest BCUT2D eigenvalue weighted by molar-refractivity contribution is -0.192. The summed E-state index contributed by atoms with van der Waals surface area (Å²) < 4.78 is 34.8. The number of carbonyl (C=O) groups excluding carboxylic acids is 1. The first-order chi connectivity index (χ1) is 13.9. The molecule has 1 N–H and O–H groups in total. The van der Waals surface area contributed by atoms with Crippen LogP contribution in [0, 0.1) is 6.92 Å². The molecule has 0 bridgehead atoms. The van der Waals surface area contributed by atoms with Crippen molar-refractivity contribution in [1.29, 1.82) is 0 Å². The van der Waals surface area contributed by atoms with Crippen LogP contribution in [-0.4, -0.2) is 81.1 Å². The fraction of sp³-hybridized carbons (Fsp3) is 0.556. The van der Waals surface area contributed by atoms with Gasteiger partial charge < -0.3 is 10.0 Å². The van der Waals surface area contributed by atoms with E-state index in [1.165, 1.54) is 0 Å². The third kappa shape index (κ3) is 5.91. The SMILES string of the molecule is Cc1nccn2c(C3CCN(CC(=O)N(C)C)CC3)nc(Br)c12.O=C(O)C(F)(F)F. The van der Waals surface area contributed by atoms with Crippen molar-refractivity contribution in [3.05, 3.63) is 28.5 Å². The molecule has 0 aliphatic carbocycles. The van der Waals surface area contributed by atoms with Gasteiger partial charge >= 0.3 is 12.1 Å². The number of carboxylic acids is 1. The standard InChI is InChI=1S/C16H22BrN5O.C2HF3O2/c1-11-14-15(17)19-16(22(14)9-6-18-11)12-4-7-21(8-5-12)10-13(23)20(2)3;3-2(4,5)1(6)7/h6,9,12H,4-5,7-8,10H2,1-3H3;(H,6,7). The quantitative estimate of drug-likeness (QED) is 0.706. The van der Waals surface area contributed by atoms with Crippen LogP contribution in [-0.2, 0) is 9.59 Å². The number of fused-ring (bicyclic) bond motifs is 1. The van der Waals surface area contributed by atoms with Crippen molar-refractivity contribution >= 4 is 33.3 Å². The van der Waals surface area contributed by atoms with E-state index in [9.17, 15) is 18.0 Å². The molecule has 1 aliphatic rings. The number of aromatic nitrogens is 3. The first-order valence-electron chi connectivity index (χ1n) is 9.13. The van der Waals surface area contributed by atoms with E-state index in [1.807, 2.05) is 19.3 Å². The average molecular weight is 494 g/mol. The van der Waals surface area contributed by atoms with E-state index in [2.05, 4.69) is 30.2 Å². The number of piperidine rings is 1. The van der Waals surface area contributed by atoms with Gasteiger partial charge in [-0.3, -0.25) is 19.1 Å². The molecular formula is C18H23BrF3N5O3. The molecule has 30 heavy (non-hydrogen) atoms. The number of likely N-dealkylation sites (tertiary alicyclic amines) is 1. The number of rotatable bonds is 3. The Hall–Kier alpha value is -2.21. The number of carbonyl (C=O) groups is 2. The minimum atomic E-state index is -5.08. The fourth-order valence-electron chi connectivity index (χ4n) is 3.14. The lowest BCUT2D eigenvalue weighted by Crippen LogP contribution is -2.40. The summed E-state index contributed by atoms with van der Waals surface area (Å²) in [4.78, 5) is 33.7. The second-order valence-corrected chi connectivity index (χ2v) is 7.88. The summed E-state index contributed by atoms with van der Waals surface area (Å²) in [5.41, 5.74) is 2.03. The predicted molar refractivity (Wildman–Crippen MR) is 106 cm³/mol. The van der Waals surface area contributed by atoms with Gasteiger partial charge in [-0.05, 0) is 48.8 Å². The zero-order valence-corrected chi connectivity index (χ0v) is 18.4. The van der Waals surface area contributed by atoms with Crippen LogP contribution in [0.3, 0.4) is 0 Å². The Bertz CT molecular complexity index is 908. The smallest absolute Gasteiger partial charge is 0.475 e. The first kappa shape index (κ1) is 24.1. The highest BCUT2D eigenvalue weighted by Gasteiger charge is 2.38. The van der Waals surface area contributed by atoms with Gasteiger partial charge in [0, 0.05) is 32.4 Å². The number of aliphatic carboxylic acids is 1. The molecule has 0 atom stereocenters. The van der Waals surface area contributed by atoms with Crippen molar-refractivity contribution in [2.75, 3.05) is 33.7 Å². The molecule has 0 saturated carbocycles. The highest BCUT2D eigenvalue weighted by atomic mass is 79.9. The van der Waals surface area contributed by atoms with E-state index in [-0.39, 0.29) is 5.91 Å². The lowest BCUT2D eigenvalue weighted by atomic mass is 9.96. The van der Waals surface area contributed by atoms with Crippen LogP contribution in [0.15, 0.2) is 17.0 Å². The molecule has 2 aromatic rings. The minimum absolute atomic E-state index is 0.166. The summed E-state index contributed by atoms with van der Waals surface area (Å²) in [6, 6.07) is 0. The Balaban J connectivity index is 0.000000396. The van der Waals surface area contributed by atoms with E-state index in [0.717, 1.165) is 47.6 Å². The van der Waals surface area contributed by atoms with Crippen LogP contribution in [0.2, 0.25) is 0 Å². The average Bonchev–Trinajstić information content (AvgIpc) is 3.00. The Morgan fingerprint density at radius 2 is 1.87 bits per heavy atom. The molecule has 0 aromatic carbocycles. The third-order valence-electron chi connectivity index (χ3n) is 4.78. The molecule has 1 saturated heterocycles. The number of nitrogens with zero attached hydrogens (tertiary/aromatic N) is 5. The highest BCUT2D eigenvalue weighted by Crippen LogP contribution is 2.31. The monoisotopic (exact) mass is 493 g/mol. The summed E-state index contributed by atoms with van der Waals surface area (Å²) in [7, 11) is 3.61. The third-order valence-corrected chi connectivity index (χ3v) is 5.33. The maximum Gasteiger partial charge on any atom is 0.490 e. The Kier molecular flexibility index (Phi) is 7.81. The van der Waals surface area contributed by atoms with Crippen LogP contribution >= 0.6 is 15.9 Å². The van der Waals surface area contributed by atoms with Gasteiger partial charge in [-0.2, -0.15) is 13.2 Å². The summed E-state index contributed by atoms with van der Waals surface area (Å²) >= 11 is 3.56. The van der Waals surface area contributed by atoms with Gasteiger partial charge in [-0.15, -0.1) is 0 Å². The molecule has 1 fully saturated rings. The number of hydrogen-bond acceptors (Lipinski definition) is 5. The number of imidazole rings is 1.